The van der Waals surface area contributed by atoms with Crippen LogP contribution < -0.4 is 0 Å². The maximum atomic E-state index is 2.56. The topological polar surface area (TPSA) is 3.24 Å². The van der Waals surface area contributed by atoms with Gasteiger partial charge in [-0.25, -0.2) is 0 Å². The van der Waals surface area contributed by atoms with Crippen LogP contribution in [0.5, 0.6) is 0 Å². The third-order valence-corrected chi connectivity index (χ3v) is 4.85. The van der Waals surface area contributed by atoms with Gasteiger partial charge in [-0.15, -0.1) is 0 Å². The lowest BCUT2D eigenvalue weighted by Crippen LogP contribution is -2.38. The minimum Gasteiger partial charge on any atom is -0.301 e. The van der Waals surface area contributed by atoms with Crippen molar-refractivity contribution >= 4 is 0 Å². The predicted molar refractivity (Wildman–Crippen MR) is 99.4 cm³/mol. The molecule has 0 radical (unpaired) electrons. The molecule has 1 rings (SSSR count). The van der Waals surface area contributed by atoms with Crippen molar-refractivity contribution in [2.45, 2.75) is 90.6 Å². The Labute approximate surface area is 139 Å². The minimum atomic E-state index is 0.623. The Kier molecular flexibility index (Phi) is 10.2. The molecule has 0 saturated heterocycles. The number of rotatable bonds is 12. The highest BCUT2D eigenvalue weighted by atomic mass is 15.1. The summed E-state index contributed by atoms with van der Waals surface area (Å²) in [5, 5.41) is 0. The molecule has 0 aliphatic rings. The molecule has 1 aromatic rings. The Morgan fingerprint density at radius 1 is 0.864 bits per heavy atom. The van der Waals surface area contributed by atoms with Crippen molar-refractivity contribution < 1.29 is 0 Å². The van der Waals surface area contributed by atoms with Gasteiger partial charge in [-0.05, 0) is 39.3 Å². The SMILES string of the molecule is CCCCCCCCCC(Cc1ccccc1)N(C)C(C)C. The molecule has 0 N–H and O–H groups in total. The van der Waals surface area contributed by atoms with Crippen LogP contribution in [-0.2, 0) is 6.42 Å². The van der Waals surface area contributed by atoms with E-state index in [1.807, 2.05) is 0 Å². The smallest absolute Gasteiger partial charge is 0.0135 e. The van der Waals surface area contributed by atoms with Crippen LogP contribution in [0.15, 0.2) is 30.3 Å². The summed E-state index contributed by atoms with van der Waals surface area (Å²) in [6.07, 6.45) is 12.3. The van der Waals surface area contributed by atoms with Gasteiger partial charge in [0.2, 0.25) is 0 Å². The highest BCUT2D eigenvalue weighted by molar-refractivity contribution is 5.15. The fourth-order valence-electron chi connectivity index (χ4n) is 3.09. The van der Waals surface area contributed by atoms with E-state index in [4.69, 9.17) is 0 Å². The number of hydrogen-bond donors (Lipinski definition) is 0. The quantitative estimate of drug-likeness (QED) is 0.423. The molecule has 22 heavy (non-hydrogen) atoms. The van der Waals surface area contributed by atoms with E-state index in [0.717, 1.165) is 0 Å². The van der Waals surface area contributed by atoms with Gasteiger partial charge in [0.1, 0.15) is 0 Å². The Morgan fingerprint density at radius 2 is 1.45 bits per heavy atom. The van der Waals surface area contributed by atoms with E-state index in [1.54, 1.807) is 0 Å². The van der Waals surface area contributed by atoms with Crippen molar-refractivity contribution in [1.29, 1.82) is 0 Å². The molecule has 0 aliphatic carbocycles. The summed E-state index contributed by atoms with van der Waals surface area (Å²) in [7, 11) is 2.29. The van der Waals surface area contributed by atoms with Crippen LogP contribution in [0.2, 0.25) is 0 Å². The van der Waals surface area contributed by atoms with E-state index in [0.29, 0.717) is 12.1 Å². The molecule has 0 aliphatic heterocycles. The summed E-state index contributed by atoms with van der Waals surface area (Å²) in [5.41, 5.74) is 1.47. The maximum absolute atomic E-state index is 2.56. The van der Waals surface area contributed by atoms with Crippen LogP contribution in [0, 0.1) is 0 Å². The van der Waals surface area contributed by atoms with Crippen molar-refractivity contribution in [3.63, 3.8) is 0 Å². The van der Waals surface area contributed by atoms with E-state index in [9.17, 15) is 0 Å². The molecule has 0 saturated carbocycles. The number of likely N-dealkylation sites (N-methyl/N-ethyl adjacent to an activating group) is 1. The van der Waals surface area contributed by atoms with E-state index in [-0.39, 0.29) is 0 Å². The van der Waals surface area contributed by atoms with Gasteiger partial charge < -0.3 is 4.90 Å². The third kappa shape index (κ3) is 7.98. The fraction of sp³-hybridized carbons (Fsp3) is 0.714. The Balaban J connectivity index is 2.36. The van der Waals surface area contributed by atoms with Crippen molar-refractivity contribution in [1.82, 2.24) is 4.90 Å². The average molecular weight is 304 g/mol. The van der Waals surface area contributed by atoms with E-state index in [1.165, 1.54) is 63.4 Å². The third-order valence-electron chi connectivity index (χ3n) is 4.85. The van der Waals surface area contributed by atoms with Crippen LogP contribution in [-0.4, -0.2) is 24.0 Å². The Bertz CT molecular complexity index is 357. The summed E-state index contributed by atoms with van der Waals surface area (Å²) in [6.45, 7) is 6.90. The molecule has 1 heteroatoms. The summed E-state index contributed by atoms with van der Waals surface area (Å²) in [5.74, 6) is 0. The van der Waals surface area contributed by atoms with Crippen LogP contribution in [0.1, 0.15) is 77.7 Å². The highest BCUT2D eigenvalue weighted by Crippen LogP contribution is 2.17. The summed E-state index contributed by atoms with van der Waals surface area (Å²) >= 11 is 0. The van der Waals surface area contributed by atoms with Gasteiger partial charge in [0.15, 0.2) is 0 Å². The first-order chi connectivity index (χ1) is 10.6. The first-order valence-corrected chi connectivity index (χ1v) is 9.41. The number of hydrogen-bond acceptors (Lipinski definition) is 1. The largest absolute Gasteiger partial charge is 0.301 e. The molecule has 1 aromatic carbocycles. The molecule has 0 amide bonds. The molecule has 1 unspecified atom stereocenters. The molecule has 126 valence electrons. The van der Waals surface area contributed by atoms with Crippen LogP contribution in [0.4, 0.5) is 0 Å². The fourth-order valence-corrected chi connectivity index (χ4v) is 3.09. The number of nitrogens with zero attached hydrogens (tertiary/aromatic N) is 1. The van der Waals surface area contributed by atoms with Gasteiger partial charge in [0, 0.05) is 12.1 Å². The molecule has 0 heterocycles. The molecule has 0 spiro atoms. The van der Waals surface area contributed by atoms with Gasteiger partial charge in [0.05, 0.1) is 0 Å². The first kappa shape index (κ1) is 19.2. The van der Waals surface area contributed by atoms with Crippen LogP contribution in [0.3, 0.4) is 0 Å². The van der Waals surface area contributed by atoms with E-state index >= 15 is 0 Å². The van der Waals surface area contributed by atoms with Crippen molar-refractivity contribution in [2.75, 3.05) is 7.05 Å². The second-order valence-corrected chi connectivity index (χ2v) is 7.01. The van der Waals surface area contributed by atoms with Crippen LogP contribution in [0.25, 0.3) is 0 Å². The summed E-state index contributed by atoms with van der Waals surface area (Å²) in [6, 6.07) is 12.3. The Morgan fingerprint density at radius 3 is 2.05 bits per heavy atom. The molecular formula is C21H37N. The summed E-state index contributed by atoms with van der Waals surface area (Å²) < 4.78 is 0. The van der Waals surface area contributed by atoms with Crippen LogP contribution >= 0.6 is 0 Å². The lowest BCUT2D eigenvalue weighted by Gasteiger charge is -2.31. The predicted octanol–water partition coefficient (Wildman–Crippen LogP) is 6.08. The zero-order valence-electron chi connectivity index (χ0n) is 15.4. The van der Waals surface area contributed by atoms with Crippen molar-refractivity contribution in [3.05, 3.63) is 35.9 Å². The average Bonchev–Trinajstić information content (AvgIpc) is 2.53. The van der Waals surface area contributed by atoms with E-state index < -0.39 is 0 Å². The van der Waals surface area contributed by atoms with Crippen molar-refractivity contribution in [3.8, 4) is 0 Å². The standard InChI is InChI=1S/C21H37N/c1-5-6-7-8-9-10-14-17-21(22(4)19(2)3)18-20-15-12-11-13-16-20/h11-13,15-16,19,21H,5-10,14,17-18H2,1-4H3. The number of unbranched alkanes of at least 4 members (excludes halogenated alkanes) is 6. The minimum absolute atomic E-state index is 0.623. The molecule has 0 aromatic heterocycles. The van der Waals surface area contributed by atoms with Gasteiger partial charge in [0.25, 0.3) is 0 Å². The lowest BCUT2D eigenvalue weighted by atomic mass is 9.97. The van der Waals surface area contributed by atoms with Gasteiger partial charge in [-0.1, -0.05) is 82.2 Å². The second-order valence-electron chi connectivity index (χ2n) is 7.01. The lowest BCUT2D eigenvalue weighted by molar-refractivity contribution is 0.181. The van der Waals surface area contributed by atoms with E-state index in [2.05, 4.69) is 63.1 Å². The normalized spacial score (nSPS) is 13.0. The Hall–Kier alpha value is -0.820. The molecule has 1 nitrogen and oxygen atoms in total. The second kappa shape index (κ2) is 11.7. The molecule has 0 fully saturated rings. The molecular weight excluding hydrogens is 266 g/mol. The van der Waals surface area contributed by atoms with Gasteiger partial charge in [-0.2, -0.15) is 0 Å². The molecule has 0 bridgehead atoms. The monoisotopic (exact) mass is 303 g/mol. The maximum Gasteiger partial charge on any atom is 0.0135 e. The summed E-state index contributed by atoms with van der Waals surface area (Å²) in [4.78, 5) is 2.56. The first-order valence-electron chi connectivity index (χ1n) is 9.41. The zero-order chi connectivity index (χ0) is 16.2. The zero-order valence-corrected chi connectivity index (χ0v) is 15.4. The van der Waals surface area contributed by atoms with Gasteiger partial charge >= 0.3 is 0 Å². The van der Waals surface area contributed by atoms with Gasteiger partial charge in [-0.3, -0.25) is 0 Å². The highest BCUT2D eigenvalue weighted by Gasteiger charge is 2.17. The molecule has 1 atom stereocenters. The number of benzene rings is 1. The van der Waals surface area contributed by atoms with Crippen molar-refractivity contribution in [2.24, 2.45) is 0 Å².